The van der Waals surface area contributed by atoms with E-state index in [0.717, 1.165) is 6.54 Å². The van der Waals surface area contributed by atoms with E-state index >= 15 is 0 Å². The highest BCUT2D eigenvalue weighted by molar-refractivity contribution is 6.31. The first-order chi connectivity index (χ1) is 24.5. The van der Waals surface area contributed by atoms with Crippen LogP contribution in [0.2, 0.25) is 0 Å². The molecule has 0 radical (unpaired) electrons. The number of amides is 1. The SMILES string of the molecule is COc1cccc2c1C(=O)c1c(O)c3c(c(O)c1C2=O)C[C@@](O)(C(=O)N1C[C@H]2CN[C@H]2C1)C[C@@H]3O[C@H]1C[C@H]2[C@H](O[C@@H]3[C@@H](OC)OCCN32)[C@H](C)O1. The Balaban J connectivity index is 1.11. The first kappa shape index (κ1) is 33.2. The maximum atomic E-state index is 14.2. The second-order valence-corrected chi connectivity index (χ2v) is 14.7. The molecular formula is C36H41N3O12. The number of ether oxygens (including phenoxy) is 6. The van der Waals surface area contributed by atoms with Crippen LogP contribution in [0.4, 0.5) is 0 Å². The number of phenols is 2. The molecule has 7 aliphatic rings. The van der Waals surface area contributed by atoms with Crippen LogP contribution >= 0.6 is 0 Å². The zero-order valence-electron chi connectivity index (χ0n) is 28.5. The standard InChI is InChI=1S/C36H41N3O12/c1-15-32-20(39-7-8-48-34(47-3)33(39)51-32)9-23(49-15)50-22-11-36(45,35(44)38-13-16-12-37-19(16)14-38)10-18-25(22)31(43)27-26(29(18)41)28(40)17-5-4-6-21(46-2)24(17)30(27)42/h4-6,15-16,19-20,22-23,32-34,37,41,43,45H,7-14H2,1-3H3/t15-,16+,19-,20-,22-,23-,32+,33+,34-,36-/m0/s1. The minimum absolute atomic E-state index is 0.00606. The Morgan fingerprint density at radius 2 is 1.86 bits per heavy atom. The van der Waals surface area contributed by atoms with Gasteiger partial charge in [-0.3, -0.25) is 19.3 Å². The number of aromatic hydroxyl groups is 2. The van der Waals surface area contributed by atoms with Crippen LogP contribution in [0.25, 0.3) is 0 Å². The lowest BCUT2D eigenvalue weighted by Crippen LogP contribution is -2.55. The summed E-state index contributed by atoms with van der Waals surface area (Å²) in [6, 6.07) is 4.55. The molecule has 0 aromatic heterocycles. The predicted molar refractivity (Wildman–Crippen MR) is 173 cm³/mol. The molecule has 5 fully saturated rings. The Morgan fingerprint density at radius 1 is 1.06 bits per heavy atom. The van der Waals surface area contributed by atoms with E-state index in [2.05, 4.69) is 10.2 Å². The van der Waals surface area contributed by atoms with E-state index in [9.17, 15) is 29.7 Å². The van der Waals surface area contributed by atoms with Crippen molar-refractivity contribution in [2.24, 2.45) is 5.92 Å². The fourth-order valence-corrected chi connectivity index (χ4v) is 9.40. The number of aliphatic hydroxyl groups is 1. The summed E-state index contributed by atoms with van der Waals surface area (Å²) in [6.07, 6.45) is -4.26. The second-order valence-electron chi connectivity index (χ2n) is 14.7. The Morgan fingerprint density at radius 3 is 2.57 bits per heavy atom. The highest BCUT2D eigenvalue weighted by atomic mass is 16.7. The van der Waals surface area contributed by atoms with Gasteiger partial charge < -0.3 is 54.0 Å². The van der Waals surface area contributed by atoms with Crippen LogP contribution in [0.5, 0.6) is 17.2 Å². The van der Waals surface area contributed by atoms with Crippen molar-refractivity contribution in [3.05, 3.63) is 51.6 Å². The number of nitrogens with zero attached hydrogens (tertiary/aromatic N) is 2. The molecule has 5 saturated heterocycles. The van der Waals surface area contributed by atoms with Gasteiger partial charge in [-0.15, -0.1) is 0 Å². The molecule has 4 N–H and O–H groups in total. The van der Waals surface area contributed by atoms with Crippen molar-refractivity contribution in [1.82, 2.24) is 15.1 Å². The summed E-state index contributed by atoms with van der Waals surface area (Å²) in [5, 5.41) is 39.5. The van der Waals surface area contributed by atoms with Crippen LogP contribution in [-0.2, 0) is 34.9 Å². The second kappa shape index (κ2) is 11.9. The van der Waals surface area contributed by atoms with E-state index in [4.69, 9.17) is 28.4 Å². The highest BCUT2D eigenvalue weighted by Crippen LogP contribution is 2.53. The van der Waals surface area contributed by atoms with E-state index in [-0.39, 0.29) is 64.1 Å². The largest absolute Gasteiger partial charge is 0.507 e. The van der Waals surface area contributed by atoms with Crippen LogP contribution in [-0.4, -0.2) is 138 Å². The van der Waals surface area contributed by atoms with Gasteiger partial charge in [-0.25, -0.2) is 0 Å². The van der Waals surface area contributed by atoms with E-state index in [0.29, 0.717) is 32.7 Å². The van der Waals surface area contributed by atoms with Gasteiger partial charge in [0.05, 0.1) is 42.6 Å². The summed E-state index contributed by atoms with van der Waals surface area (Å²) in [6.45, 7) is 4.59. The van der Waals surface area contributed by atoms with E-state index in [1.807, 2.05) is 6.92 Å². The van der Waals surface area contributed by atoms with Gasteiger partial charge in [-0.05, 0) is 13.0 Å². The van der Waals surface area contributed by atoms with Gasteiger partial charge in [0.25, 0.3) is 5.91 Å². The molecule has 15 nitrogen and oxygen atoms in total. The minimum Gasteiger partial charge on any atom is -0.507 e. The zero-order chi connectivity index (χ0) is 35.5. The van der Waals surface area contributed by atoms with E-state index in [1.165, 1.54) is 19.2 Å². The summed E-state index contributed by atoms with van der Waals surface area (Å²) in [4.78, 5) is 46.0. The third kappa shape index (κ3) is 4.83. The summed E-state index contributed by atoms with van der Waals surface area (Å²) in [5.41, 5.74) is -2.88. The Hall–Kier alpha value is -3.67. The number of carbonyl (C=O) groups is 3. The number of benzene rings is 2. The quantitative estimate of drug-likeness (QED) is 0.270. The maximum Gasteiger partial charge on any atom is 0.255 e. The van der Waals surface area contributed by atoms with Gasteiger partial charge in [0.1, 0.15) is 29.0 Å². The first-order valence-corrected chi connectivity index (χ1v) is 17.5. The minimum atomic E-state index is -2.07. The zero-order valence-corrected chi connectivity index (χ0v) is 28.5. The lowest BCUT2D eigenvalue weighted by atomic mass is 9.72. The normalized spacial score (nSPS) is 36.7. The maximum absolute atomic E-state index is 14.2. The summed E-state index contributed by atoms with van der Waals surface area (Å²) >= 11 is 0. The van der Waals surface area contributed by atoms with Crippen molar-refractivity contribution in [1.29, 1.82) is 0 Å². The third-order valence-electron chi connectivity index (χ3n) is 11.9. The molecule has 15 heteroatoms. The molecule has 1 amide bonds. The third-order valence-corrected chi connectivity index (χ3v) is 11.9. The van der Waals surface area contributed by atoms with Crippen LogP contribution in [0.1, 0.15) is 68.8 Å². The summed E-state index contributed by atoms with van der Waals surface area (Å²) < 4.78 is 36.0. The van der Waals surface area contributed by atoms with Crippen molar-refractivity contribution in [3.8, 4) is 17.2 Å². The number of methoxy groups -OCH3 is 2. The van der Waals surface area contributed by atoms with Crippen LogP contribution in [0.3, 0.4) is 0 Å². The molecule has 10 atom stereocenters. The van der Waals surface area contributed by atoms with Crippen molar-refractivity contribution in [2.45, 2.75) is 81.0 Å². The first-order valence-electron chi connectivity index (χ1n) is 17.5. The van der Waals surface area contributed by atoms with Crippen LogP contribution < -0.4 is 10.1 Å². The number of phenolic OH excluding ortho intramolecular Hbond substituents is 2. The Bertz CT molecular complexity index is 1820. The lowest BCUT2D eigenvalue weighted by Gasteiger charge is -2.44. The van der Waals surface area contributed by atoms with Gasteiger partial charge in [0.2, 0.25) is 5.78 Å². The molecule has 0 bridgehead atoms. The molecule has 51 heavy (non-hydrogen) atoms. The van der Waals surface area contributed by atoms with Crippen molar-refractivity contribution in [2.75, 3.05) is 47.0 Å². The summed E-state index contributed by atoms with van der Waals surface area (Å²) in [7, 11) is 2.93. The molecule has 2 aromatic carbocycles. The molecule has 9 rings (SSSR count). The molecule has 0 saturated carbocycles. The fourth-order valence-electron chi connectivity index (χ4n) is 9.40. The molecule has 2 aromatic rings. The number of carbonyl (C=O) groups excluding carboxylic acids is 3. The predicted octanol–water partition coefficient (Wildman–Crippen LogP) is 0.580. The number of rotatable bonds is 5. The van der Waals surface area contributed by atoms with E-state index < -0.39 is 77.6 Å². The molecule has 5 heterocycles. The number of morpholine rings is 1. The van der Waals surface area contributed by atoms with Crippen LogP contribution in [0, 0.1) is 5.92 Å². The van der Waals surface area contributed by atoms with Gasteiger partial charge in [-0.2, -0.15) is 0 Å². The molecule has 0 unspecified atom stereocenters. The summed E-state index contributed by atoms with van der Waals surface area (Å²) in [5.74, 6) is -2.65. The fraction of sp³-hybridized carbons (Fsp3) is 0.583. The van der Waals surface area contributed by atoms with Gasteiger partial charge >= 0.3 is 0 Å². The molecule has 2 aliphatic carbocycles. The average molecular weight is 708 g/mol. The average Bonchev–Trinajstić information content (AvgIpc) is 3.64. The van der Waals surface area contributed by atoms with Crippen molar-refractivity contribution >= 4 is 17.5 Å². The highest BCUT2D eigenvalue weighted by Gasteiger charge is 2.56. The molecular weight excluding hydrogens is 666 g/mol. The molecule has 272 valence electrons. The van der Waals surface area contributed by atoms with Crippen LogP contribution in [0.15, 0.2) is 18.2 Å². The Labute approximate surface area is 293 Å². The lowest BCUT2D eigenvalue weighted by molar-refractivity contribution is -0.256. The number of hydrogen-bond acceptors (Lipinski definition) is 14. The van der Waals surface area contributed by atoms with Crippen molar-refractivity contribution < 1.29 is 58.1 Å². The van der Waals surface area contributed by atoms with Gasteiger partial charge in [0.15, 0.2) is 24.6 Å². The topological polar surface area (TPSA) is 186 Å². The molecule has 5 aliphatic heterocycles. The smallest absolute Gasteiger partial charge is 0.255 e. The Kier molecular flexibility index (Phi) is 7.76. The number of ketones is 2. The number of fused-ring (bicyclic) bond motifs is 7. The number of likely N-dealkylation sites (tertiary alicyclic amines) is 1. The number of nitrogens with one attached hydrogen (secondary N) is 1. The molecule has 0 spiro atoms. The van der Waals surface area contributed by atoms with Gasteiger partial charge in [0, 0.05) is 87.2 Å². The van der Waals surface area contributed by atoms with E-state index in [1.54, 1.807) is 18.1 Å². The van der Waals surface area contributed by atoms with Crippen molar-refractivity contribution in [3.63, 3.8) is 0 Å². The van der Waals surface area contributed by atoms with Gasteiger partial charge in [-0.1, -0.05) is 12.1 Å². The monoisotopic (exact) mass is 707 g/mol. The number of hydrogen-bond donors (Lipinski definition) is 4.